The Hall–Kier alpha value is -2.20. The number of hydrogen-bond acceptors (Lipinski definition) is 4. The minimum atomic E-state index is 0.0148. The molecule has 0 amide bonds. The molecule has 2 aromatic rings. The lowest BCUT2D eigenvalue weighted by Crippen LogP contribution is -2.17. The van der Waals surface area contributed by atoms with Crippen molar-refractivity contribution >= 4 is 5.78 Å². The van der Waals surface area contributed by atoms with Gasteiger partial charge in [-0.05, 0) is 29.3 Å². The van der Waals surface area contributed by atoms with Crippen molar-refractivity contribution in [2.24, 2.45) is 5.92 Å². The van der Waals surface area contributed by atoms with Crippen LogP contribution in [0.1, 0.15) is 27.7 Å². The average Bonchev–Trinajstić information content (AvgIpc) is 2.64. The third kappa shape index (κ3) is 6.92. The van der Waals surface area contributed by atoms with Gasteiger partial charge in [0.2, 0.25) is 0 Å². The topological polar surface area (TPSA) is 48.4 Å². The van der Waals surface area contributed by atoms with Gasteiger partial charge in [-0.1, -0.05) is 45.9 Å². The summed E-state index contributed by atoms with van der Waals surface area (Å²) in [5.74, 6) is 0.910. The fourth-order valence-corrected chi connectivity index (χ4v) is 1.84. The van der Waals surface area contributed by atoms with Crippen LogP contribution in [0, 0.1) is 5.92 Å². The largest absolute Gasteiger partial charge is 0.491 e. The molecule has 0 N–H and O–H groups in total. The Morgan fingerprint density at radius 1 is 1.04 bits per heavy atom. The summed E-state index contributed by atoms with van der Waals surface area (Å²) in [5, 5.41) is 0. The van der Waals surface area contributed by atoms with E-state index in [1.807, 2.05) is 70.3 Å². The number of rotatable bonds is 8. The molecule has 1 aromatic carbocycles. The normalized spacial score (nSPS) is 10.0. The average molecular weight is 329 g/mol. The molecule has 0 bridgehead atoms. The molecule has 4 nitrogen and oxygen atoms in total. The molecule has 0 aliphatic heterocycles. The minimum absolute atomic E-state index is 0.0148. The quantitative estimate of drug-likeness (QED) is 0.674. The van der Waals surface area contributed by atoms with E-state index in [4.69, 9.17) is 9.47 Å². The summed E-state index contributed by atoms with van der Waals surface area (Å²) in [5.41, 5.74) is 2.17. The first-order valence-electron chi connectivity index (χ1n) is 8.40. The number of pyridine rings is 1. The maximum atomic E-state index is 11.4. The fraction of sp³-hybridized carbons (Fsp3) is 0.400. The maximum absolute atomic E-state index is 11.4. The zero-order valence-electron chi connectivity index (χ0n) is 15.0. The van der Waals surface area contributed by atoms with Crippen LogP contribution in [0.15, 0.2) is 48.8 Å². The first-order valence-corrected chi connectivity index (χ1v) is 8.40. The van der Waals surface area contributed by atoms with Crippen molar-refractivity contribution in [3.63, 3.8) is 0 Å². The van der Waals surface area contributed by atoms with E-state index in [9.17, 15) is 4.79 Å². The third-order valence-electron chi connectivity index (χ3n) is 3.23. The lowest BCUT2D eigenvalue weighted by molar-refractivity contribution is -0.126. The summed E-state index contributed by atoms with van der Waals surface area (Å²) in [6, 6.07) is 11.8. The molecule has 0 aliphatic rings. The summed E-state index contributed by atoms with van der Waals surface area (Å²) in [7, 11) is 0. The van der Waals surface area contributed by atoms with Crippen LogP contribution in [-0.2, 0) is 9.53 Å². The predicted octanol–water partition coefficient (Wildman–Crippen LogP) is 4.40. The van der Waals surface area contributed by atoms with Crippen molar-refractivity contribution in [3.05, 3.63) is 48.8 Å². The zero-order valence-corrected chi connectivity index (χ0v) is 15.0. The van der Waals surface area contributed by atoms with Gasteiger partial charge in [0.25, 0.3) is 0 Å². The van der Waals surface area contributed by atoms with Gasteiger partial charge in [-0.3, -0.25) is 9.78 Å². The van der Waals surface area contributed by atoms with E-state index in [1.165, 1.54) is 0 Å². The smallest absolute Gasteiger partial charge is 0.160 e. The highest BCUT2D eigenvalue weighted by Gasteiger charge is 2.06. The van der Waals surface area contributed by atoms with E-state index in [1.54, 1.807) is 6.20 Å². The van der Waals surface area contributed by atoms with Crippen LogP contribution in [0.4, 0.5) is 0 Å². The number of nitrogens with zero attached hydrogens (tertiary/aromatic N) is 1. The minimum Gasteiger partial charge on any atom is -0.491 e. The molecular formula is C20H27NO3. The number of ketones is 1. The highest BCUT2D eigenvalue weighted by atomic mass is 16.5. The lowest BCUT2D eigenvalue weighted by Gasteiger charge is -2.08. The number of hydrogen-bond donors (Lipinski definition) is 0. The van der Waals surface area contributed by atoms with Crippen LogP contribution < -0.4 is 4.74 Å². The molecular weight excluding hydrogens is 302 g/mol. The van der Waals surface area contributed by atoms with Crippen molar-refractivity contribution < 1.29 is 14.3 Å². The zero-order chi connectivity index (χ0) is 17.8. The van der Waals surface area contributed by atoms with Crippen LogP contribution in [0.5, 0.6) is 5.75 Å². The Morgan fingerprint density at radius 3 is 2.33 bits per heavy atom. The molecule has 1 heterocycles. The first-order chi connectivity index (χ1) is 11.7. The molecule has 0 fully saturated rings. The van der Waals surface area contributed by atoms with Gasteiger partial charge in [-0.25, -0.2) is 0 Å². The van der Waals surface area contributed by atoms with Crippen LogP contribution >= 0.6 is 0 Å². The molecule has 0 saturated heterocycles. The van der Waals surface area contributed by atoms with E-state index in [0.29, 0.717) is 13.2 Å². The van der Waals surface area contributed by atoms with Crippen LogP contribution in [0.25, 0.3) is 11.1 Å². The van der Waals surface area contributed by atoms with Gasteiger partial charge in [0.05, 0.1) is 6.61 Å². The number of carbonyl (C=O) groups is 1. The molecule has 4 heteroatoms. The van der Waals surface area contributed by atoms with E-state index < -0.39 is 0 Å². The van der Waals surface area contributed by atoms with Crippen molar-refractivity contribution in [1.82, 2.24) is 4.98 Å². The number of aromatic nitrogens is 1. The second kappa shape index (κ2) is 11.4. The first kappa shape index (κ1) is 19.8. The molecule has 0 spiro atoms. The molecule has 0 saturated carbocycles. The number of benzene rings is 1. The molecule has 0 unspecified atom stereocenters. The molecule has 130 valence electrons. The van der Waals surface area contributed by atoms with Crippen molar-refractivity contribution in [3.8, 4) is 16.9 Å². The maximum Gasteiger partial charge on any atom is 0.160 e. The van der Waals surface area contributed by atoms with E-state index in [-0.39, 0.29) is 18.3 Å². The number of Topliss-reactive ketones (excluding diaryl/α,β-unsaturated/α-hetero) is 1. The summed E-state index contributed by atoms with van der Waals surface area (Å²) >= 11 is 0. The van der Waals surface area contributed by atoms with Crippen LogP contribution in [0.2, 0.25) is 0 Å². The monoisotopic (exact) mass is 329 g/mol. The Kier molecular flexibility index (Phi) is 9.39. The van der Waals surface area contributed by atoms with E-state index >= 15 is 0 Å². The van der Waals surface area contributed by atoms with Crippen LogP contribution in [0.3, 0.4) is 0 Å². The van der Waals surface area contributed by atoms with Crippen LogP contribution in [-0.4, -0.2) is 30.6 Å². The molecule has 1 aromatic heterocycles. The summed E-state index contributed by atoms with van der Waals surface area (Å²) < 4.78 is 10.9. The summed E-state index contributed by atoms with van der Waals surface area (Å²) in [4.78, 5) is 15.5. The van der Waals surface area contributed by atoms with Crippen molar-refractivity contribution in [1.29, 1.82) is 0 Å². The number of carbonyl (C=O) groups excluding carboxylic acids is 1. The fourth-order valence-electron chi connectivity index (χ4n) is 1.84. The third-order valence-corrected chi connectivity index (χ3v) is 3.23. The van der Waals surface area contributed by atoms with E-state index in [2.05, 4.69) is 4.98 Å². The molecule has 0 aliphatic carbocycles. The van der Waals surface area contributed by atoms with Gasteiger partial charge in [0.1, 0.15) is 19.0 Å². The Labute approximate surface area is 144 Å². The molecule has 0 atom stereocenters. The van der Waals surface area contributed by atoms with Crippen molar-refractivity contribution in [2.75, 3.05) is 19.8 Å². The van der Waals surface area contributed by atoms with E-state index in [0.717, 1.165) is 16.9 Å². The molecule has 24 heavy (non-hydrogen) atoms. The van der Waals surface area contributed by atoms with Gasteiger partial charge in [0, 0.05) is 18.3 Å². The number of ether oxygens (including phenoxy) is 2. The van der Waals surface area contributed by atoms with Gasteiger partial charge in [0.15, 0.2) is 5.78 Å². The van der Waals surface area contributed by atoms with Gasteiger partial charge in [-0.15, -0.1) is 0 Å². The Balaban J connectivity index is 0.00000139. The Bertz CT molecular complexity index is 580. The summed E-state index contributed by atoms with van der Waals surface area (Å²) in [6.07, 6.45) is 3.58. The van der Waals surface area contributed by atoms with Gasteiger partial charge < -0.3 is 9.47 Å². The second-order valence-corrected chi connectivity index (χ2v) is 5.29. The van der Waals surface area contributed by atoms with Crippen molar-refractivity contribution in [2.45, 2.75) is 27.7 Å². The van der Waals surface area contributed by atoms with Gasteiger partial charge in [-0.2, -0.15) is 0 Å². The highest BCUT2D eigenvalue weighted by molar-refractivity contribution is 5.81. The molecule has 0 radical (unpaired) electrons. The molecule has 2 rings (SSSR count). The second-order valence-electron chi connectivity index (χ2n) is 5.29. The van der Waals surface area contributed by atoms with Gasteiger partial charge >= 0.3 is 0 Å². The SMILES string of the molecule is CC.CC(C)C(=O)COCCOc1ccc(-c2cccnc2)cc1. The Morgan fingerprint density at radius 2 is 1.75 bits per heavy atom. The predicted molar refractivity (Wildman–Crippen MR) is 97.2 cm³/mol. The summed E-state index contributed by atoms with van der Waals surface area (Å²) in [6.45, 7) is 8.72. The lowest BCUT2D eigenvalue weighted by atomic mass is 10.1. The highest BCUT2D eigenvalue weighted by Crippen LogP contribution is 2.21. The standard InChI is InChI=1S/C18H21NO3.C2H6/c1-14(2)18(20)13-21-10-11-22-17-7-5-15(6-8-17)16-4-3-9-19-12-16;1-2/h3-9,12,14H,10-11,13H2,1-2H3;1-2H3.